The Morgan fingerprint density at radius 2 is 1.90 bits per heavy atom. The summed E-state index contributed by atoms with van der Waals surface area (Å²) in [6.07, 6.45) is 4.82. The number of rotatable bonds is 4. The number of carboxylic acids is 1. The zero-order chi connectivity index (χ0) is 14.8. The van der Waals surface area contributed by atoms with Gasteiger partial charge in [-0.15, -0.1) is 0 Å². The van der Waals surface area contributed by atoms with E-state index in [9.17, 15) is 9.90 Å². The maximum absolute atomic E-state index is 11.5. The summed E-state index contributed by atoms with van der Waals surface area (Å²) in [6, 6.07) is 12.0. The number of aryl methyl sites for hydroxylation is 3. The first kappa shape index (κ1) is 13.4. The maximum atomic E-state index is 11.5. The van der Waals surface area contributed by atoms with Gasteiger partial charge in [-0.05, 0) is 37.0 Å². The van der Waals surface area contributed by atoms with Crippen molar-refractivity contribution < 1.29 is 9.90 Å². The van der Waals surface area contributed by atoms with Gasteiger partial charge in [0, 0.05) is 12.4 Å². The van der Waals surface area contributed by atoms with Crippen molar-refractivity contribution in [3.63, 3.8) is 0 Å². The Morgan fingerprint density at radius 1 is 1.14 bits per heavy atom. The summed E-state index contributed by atoms with van der Waals surface area (Å²) in [7, 11) is 0. The van der Waals surface area contributed by atoms with Crippen LogP contribution in [0.2, 0.25) is 0 Å². The third-order valence-corrected chi connectivity index (χ3v) is 3.65. The fraction of sp³-hybridized carbons (Fsp3) is 0.176. The first-order chi connectivity index (χ1) is 10.1. The molecule has 1 aromatic carbocycles. The lowest BCUT2D eigenvalue weighted by molar-refractivity contribution is 0.0687. The van der Waals surface area contributed by atoms with E-state index in [-0.39, 0.29) is 0 Å². The van der Waals surface area contributed by atoms with Gasteiger partial charge in [-0.25, -0.2) is 9.78 Å². The monoisotopic (exact) mass is 280 g/mol. The summed E-state index contributed by atoms with van der Waals surface area (Å²) in [6.45, 7) is 2.05. The minimum absolute atomic E-state index is 0.303. The van der Waals surface area contributed by atoms with Gasteiger partial charge in [-0.1, -0.05) is 35.9 Å². The molecule has 0 aliphatic rings. The van der Waals surface area contributed by atoms with Crippen molar-refractivity contribution >= 4 is 11.6 Å². The van der Waals surface area contributed by atoms with Crippen molar-refractivity contribution in [3.05, 3.63) is 71.2 Å². The van der Waals surface area contributed by atoms with Crippen molar-refractivity contribution in [2.45, 2.75) is 19.8 Å². The number of benzene rings is 1. The number of imidazole rings is 1. The Bertz CT molecular complexity index is 788. The Labute approximate surface area is 122 Å². The Hall–Kier alpha value is -2.62. The number of nitrogens with zero attached hydrogens (tertiary/aromatic N) is 2. The highest BCUT2D eigenvalue weighted by Crippen LogP contribution is 2.16. The Kier molecular flexibility index (Phi) is 3.44. The lowest BCUT2D eigenvalue weighted by Gasteiger charge is -2.09. The van der Waals surface area contributed by atoms with Crippen LogP contribution in [-0.4, -0.2) is 20.5 Å². The summed E-state index contributed by atoms with van der Waals surface area (Å²) in [4.78, 5) is 15.7. The fourth-order valence-corrected chi connectivity index (χ4v) is 2.51. The maximum Gasteiger partial charge on any atom is 0.353 e. The lowest BCUT2D eigenvalue weighted by atomic mass is 10.0. The molecule has 0 saturated heterocycles. The minimum atomic E-state index is -0.919. The van der Waals surface area contributed by atoms with Gasteiger partial charge < -0.3 is 5.11 Å². The van der Waals surface area contributed by atoms with Crippen molar-refractivity contribution in [1.29, 1.82) is 0 Å². The van der Waals surface area contributed by atoms with Crippen LogP contribution in [0.25, 0.3) is 5.65 Å². The predicted molar refractivity (Wildman–Crippen MR) is 80.7 cm³/mol. The number of carboxylic acid groups (broad SMARTS) is 1. The van der Waals surface area contributed by atoms with Crippen LogP contribution >= 0.6 is 0 Å². The van der Waals surface area contributed by atoms with E-state index in [1.54, 1.807) is 16.8 Å². The van der Waals surface area contributed by atoms with Crippen LogP contribution < -0.4 is 0 Å². The number of hydrogen-bond acceptors (Lipinski definition) is 2. The van der Waals surface area contributed by atoms with Crippen molar-refractivity contribution in [3.8, 4) is 0 Å². The van der Waals surface area contributed by atoms with Gasteiger partial charge in [0.25, 0.3) is 0 Å². The highest BCUT2D eigenvalue weighted by molar-refractivity contribution is 5.88. The van der Waals surface area contributed by atoms with E-state index in [0.717, 1.165) is 12.0 Å². The molecule has 21 heavy (non-hydrogen) atoms. The van der Waals surface area contributed by atoms with Gasteiger partial charge in [-0.2, -0.15) is 0 Å². The normalized spacial score (nSPS) is 10.9. The quantitative estimate of drug-likeness (QED) is 0.799. The van der Waals surface area contributed by atoms with Gasteiger partial charge in [0.2, 0.25) is 0 Å². The molecule has 2 aromatic heterocycles. The molecule has 0 saturated carbocycles. The molecule has 4 nitrogen and oxygen atoms in total. The summed E-state index contributed by atoms with van der Waals surface area (Å²) in [5, 5.41) is 9.47. The average molecular weight is 280 g/mol. The standard InChI is InChI=1S/C17H16N2O2/c1-12-2-4-13(5-3-12)6-7-14-8-9-15-18-10-11-19(15)16(14)17(20)21/h2-5,8-11H,6-7H2,1H3,(H,20,21). The van der Waals surface area contributed by atoms with E-state index in [1.807, 2.05) is 12.1 Å². The summed E-state index contributed by atoms with van der Waals surface area (Å²) >= 11 is 0. The molecule has 0 radical (unpaired) electrons. The van der Waals surface area contributed by atoms with Gasteiger partial charge in [0.05, 0.1) is 0 Å². The molecule has 0 bridgehead atoms. The number of hydrogen-bond donors (Lipinski definition) is 1. The lowest BCUT2D eigenvalue weighted by Crippen LogP contribution is -2.10. The SMILES string of the molecule is Cc1ccc(CCc2ccc3nccn3c2C(=O)O)cc1. The summed E-state index contributed by atoms with van der Waals surface area (Å²) < 4.78 is 1.63. The molecular weight excluding hydrogens is 264 g/mol. The third kappa shape index (κ3) is 2.65. The molecule has 0 fully saturated rings. The summed E-state index contributed by atoms with van der Waals surface area (Å²) in [5.74, 6) is -0.919. The molecule has 0 aliphatic carbocycles. The molecule has 0 atom stereocenters. The van der Waals surface area contributed by atoms with Crippen LogP contribution in [0.15, 0.2) is 48.8 Å². The molecule has 4 heteroatoms. The van der Waals surface area contributed by atoms with Crippen LogP contribution in [0.1, 0.15) is 27.2 Å². The molecule has 2 heterocycles. The van der Waals surface area contributed by atoms with E-state index in [4.69, 9.17) is 0 Å². The first-order valence-electron chi connectivity index (χ1n) is 6.89. The topological polar surface area (TPSA) is 54.6 Å². The molecule has 106 valence electrons. The highest BCUT2D eigenvalue weighted by Gasteiger charge is 2.14. The summed E-state index contributed by atoms with van der Waals surface area (Å²) in [5.41, 5.74) is 4.23. The van der Waals surface area contributed by atoms with Crippen molar-refractivity contribution in [1.82, 2.24) is 9.38 Å². The smallest absolute Gasteiger partial charge is 0.353 e. The number of carbonyl (C=O) groups is 1. The molecule has 0 aliphatic heterocycles. The van der Waals surface area contributed by atoms with Crippen molar-refractivity contribution in [2.24, 2.45) is 0 Å². The number of aromatic carboxylic acids is 1. The van der Waals surface area contributed by atoms with Gasteiger partial charge in [0.1, 0.15) is 11.3 Å². The van der Waals surface area contributed by atoms with E-state index >= 15 is 0 Å². The Morgan fingerprint density at radius 3 is 2.62 bits per heavy atom. The molecule has 0 amide bonds. The minimum Gasteiger partial charge on any atom is -0.477 e. The fourth-order valence-electron chi connectivity index (χ4n) is 2.51. The molecule has 1 N–H and O–H groups in total. The van der Waals surface area contributed by atoms with Crippen LogP contribution in [0.4, 0.5) is 0 Å². The number of fused-ring (bicyclic) bond motifs is 1. The van der Waals surface area contributed by atoms with Crippen LogP contribution in [-0.2, 0) is 12.8 Å². The van der Waals surface area contributed by atoms with E-state index < -0.39 is 5.97 Å². The molecule has 0 spiro atoms. The van der Waals surface area contributed by atoms with Gasteiger partial charge >= 0.3 is 5.97 Å². The zero-order valence-corrected chi connectivity index (χ0v) is 11.8. The second-order valence-corrected chi connectivity index (χ2v) is 5.15. The van der Waals surface area contributed by atoms with Crippen molar-refractivity contribution in [2.75, 3.05) is 0 Å². The Balaban J connectivity index is 1.91. The second-order valence-electron chi connectivity index (χ2n) is 5.15. The van der Waals surface area contributed by atoms with Crippen LogP contribution in [0.3, 0.4) is 0 Å². The second kappa shape index (κ2) is 5.40. The molecule has 0 unspecified atom stereocenters. The van der Waals surface area contributed by atoms with E-state index in [2.05, 4.69) is 36.2 Å². The highest BCUT2D eigenvalue weighted by atomic mass is 16.4. The van der Waals surface area contributed by atoms with Crippen LogP contribution in [0, 0.1) is 6.92 Å². The van der Waals surface area contributed by atoms with Gasteiger partial charge in [-0.3, -0.25) is 4.40 Å². The van der Waals surface area contributed by atoms with E-state index in [1.165, 1.54) is 11.1 Å². The first-order valence-corrected chi connectivity index (χ1v) is 6.89. The molecular formula is C17H16N2O2. The number of pyridine rings is 1. The molecule has 3 aromatic rings. The number of aromatic nitrogens is 2. The average Bonchev–Trinajstić information content (AvgIpc) is 2.94. The largest absolute Gasteiger partial charge is 0.477 e. The van der Waals surface area contributed by atoms with E-state index in [0.29, 0.717) is 17.8 Å². The molecule has 3 rings (SSSR count). The zero-order valence-electron chi connectivity index (χ0n) is 11.8. The predicted octanol–water partition coefficient (Wildman–Crippen LogP) is 3.13. The third-order valence-electron chi connectivity index (χ3n) is 3.65. The van der Waals surface area contributed by atoms with Crippen LogP contribution in [0.5, 0.6) is 0 Å². The van der Waals surface area contributed by atoms with Gasteiger partial charge in [0.15, 0.2) is 0 Å².